The van der Waals surface area contributed by atoms with Crippen LogP contribution >= 0.6 is 11.3 Å². The molecule has 0 unspecified atom stereocenters. The van der Waals surface area contributed by atoms with Gasteiger partial charge in [-0.3, -0.25) is 4.79 Å². The van der Waals surface area contributed by atoms with E-state index in [2.05, 4.69) is 4.98 Å². The molecule has 0 bridgehead atoms. The lowest BCUT2D eigenvalue weighted by atomic mass is 10.1. The number of rotatable bonds is 5. The van der Waals surface area contributed by atoms with E-state index < -0.39 is 0 Å². The fourth-order valence-electron chi connectivity index (χ4n) is 1.77. The van der Waals surface area contributed by atoms with Crippen LogP contribution in [0.15, 0.2) is 35.2 Å². The number of thiazole rings is 1. The van der Waals surface area contributed by atoms with Gasteiger partial charge in [-0.25, -0.2) is 4.98 Å². The van der Waals surface area contributed by atoms with Crippen molar-refractivity contribution >= 4 is 17.2 Å². The molecule has 1 N–H and O–H groups in total. The fraction of sp³-hybridized carbons (Fsp3) is 0.286. The summed E-state index contributed by atoms with van der Waals surface area (Å²) in [5.74, 6) is -0.143. The van der Waals surface area contributed by atoms with Crippen molar-refractivity contribution in [2.24, 2.45) is 0 Å². The first kappa shape index (κ1) is 13.7. The fourth-order valence-corrected chi connectivity index (χ4v) is 2.29. The Kier molecular flexibility index (Phi) is 4.65. The highest BCUT2D eigenvalue weighted by Crippen LogP contribution is 2.11. The Labute approximate surface area is 116 Å². The lowest BCUT2D eigenvalue weighted by molar-refractivity contribution is 0.0703. The highest BCUT2D eigenvalue weighted by molar-refractivity contribution is 7.07. The number of aliphatic hydroxyl groups is 1. The van der Waals surface area contributed by atoms with Crippen molar-refractivity contribution in [1.29, 1.82) is 0 Å². The quantitative estimate of drug-likeness (QED) is 0.909. The Balaban J connectivity index is 2.11. The van der Waals surface area contributed by atoms with Crippen molar-refractivity contribution in [1.82, 2.24) is 9.88 Å². The maximum atomic E-state index is 12.2. The third-order valence-corrected chi connectivity index (χ3v) is 3.39. The van der Waals surface area contributed by atoms with Crippen LogP contribution in [-0.2, 0) is 6.54 Å². The summed E-state index contributed by atoms with van der Waals surface area (Å²) in [5, 5.41) is 10.8. The molecule has 1 aromatic heterocycles. The second-order valence-electron chi connectivity index (χ2n) is 4.31. The summed E-state index contributed by atoms with van der Waals surface area (Å²) in [6.45, 7) is 2.76. The molecular formula is C14H16N2O2S. The monoisotopic (exact) mass is 276 g/mol. The summed E-state index contributed by atoms with van der Waals surface area (Å²) >= 11 is 1.39. The molecule has 4 nitrogen and oxygen atoms in total. The largest absolute Gasteiger partial charge is 0.395 e. The highest BCUT2D eigenvalue weighted by Gasteiger charge is 2.17. The van der Waals surface area contributed by atoms with Gasteiger partial charge in [0.2, 0.25) is 0 Å². The Hall–Kier alpha value is -1.72. The lowest BCUT2D eigenvalue weighted by Gasteiger charge is -2.21. The van der Waals surface area contributed by atoms with E-state index in [0.29, 0.717) is 18.8 Å². The Morgan fingerprint density at radius 3 is 2.68 bits per heavy atom. The van der Waals surface area contributed by atoms with Gasteiger partial charge in [0.25, 0.3) is 5.91 Å². The summed E-state index contributed by atoms with van der Waals surface area (Å²) in [6.07, 6.45) is 0. The van der Waals surface area contributed by atoms with Crippen LogP contribution < -0.4 is 0 Å². The molecule has 0 saturated carbocycles. The van der Waals surface area contributed by atoms with E-state index in [1.807, 2.05) is 31.2 Å². The topological polar surface area (TPSA) is 53.4 Å². The van der Waals surface area contributed by atoms with Crippen molar-refractivity contribution in [3.63, 3.8) is 0 Å². The summed E-state index contributed by atoms with van der Waals surface area (Å²) in [5.41, 5.74) is 4.30. The smallest absolute Gasteiger partial charge is 0.273 e. The van der Waals surface area contributed by atoms with E-state index in [1.165, 1.54) is 16.9 Å². The normalized spacial score (nSPS) is 10.4. The van der Waals surface area contributed by atoms with Crippen molar-refractivity contribution in [3.8, 4) is 0 Å². The standard InChI is InChI=1S/C14H16N2O2S/c1-11-2-4-12(5-3-11)8-16(6-7-17)14(18)13-9-19-10-15-13/h2-5,9-10,17H,6-8H2,1H3. The van der Waals surface area contributed by atoms with E-state index in [4.69, 9.17) is 5.11 Å². The number of benzene rings is 1. The molecule has 1 heterocycles. The molecular weight excluding hydrogens is 260 g/mol. The minimum atomic E-state index is -0.143. The summed E-state index contributed by atoms with van der Waals surface area (Å²) in [7, 11) is 0. The second kappa shape index (κ2) is 6.45. The summed E-state index contributed by atoms with van der Waals surface area (Å²) < 4.78 is 0. The molecule has 0 aliphatic heterocycles. The Bertz CT molecular complexity index is 523. The van der Waals surface area contributed by atoms with Gasteiger partial charge in [0.1, 0.15) is 5.69 Å². The SMILES string of the molecule is Cc1ccc(CN(CCO)C(=O)c2cscn2)cc1. The zero-order chi connectivity index (χ0) is 13.7. The predicted molar refractivity (Wildman–Crippen MR) is 75.1 cm³/mol. The molecule has 1 aromatic carbocycles. The third kappa shape index (κ3) is 3.62. The van der Waals surface area contributed by atoms with Crippen molar-refractivity contribution in [3.05, 3.63) is 52.0 Å². The van der Waals surface area contributed by atoms with Crippen LogP contribution in [0.5, 0.6) is 0 Å². The number of aryl methyl sites for hydroxylation is 1. The molecule has 0 fully saturated rings. The van der Waals surface area contributed by atoms with E-state index in [1.54, 1.807) is 15.8 Å². The van der Waals surface area contributed by atoms with E-state index in [9.17, 15) is 4.79 Å². The van der Waals surface area contributed by atoms with Crippen LogP contribution in [-0.4, -0.2) is 34.0 Å². The maximum absolute atomic E-state index is 12.2. The van der Waals surface area contributed by atoms with Gasteiger partial charge in [0, 0.05) is 18.5 Å². The molecule has 100 valence electrons. The maximum Gasteiger partial charge on any atom is 0.273 e. The predicted octanol–water partition coefficient (Wildman–Crippen LogP) is 2.09. The number of aliphatic hydroxyl groups excluding tert-OH is 1. The zero-order valence-electron chi connectivity index (χ0n) is 10.7. The van der Waals surface area contributed by atoms with E-state index in [-0.39, 0.29) is 12.5 Å². The van der Waals surface area contributed by atoms with Gasteiger partial charge < -0.3 is 10.0 Å². The van der Waals surface area contributed by atoms with Gasteiger partial charge in [0.15, 0.2) is 0 Å². The molecule has 2 rings (SSSR count). The summed E-state index contributed by atoms with van der Waals surface area (Å²) in [4.78, 5) is 17.9. The first-order valence-electron chi connectivity index (χ1n) is 6.04. The Morgan fingerprint density at radius 1 is 1.37 bits per heavy atom. The third-order valence-electron chi connectivity index (χ3n) is 2.80. The van der Waals surface area contributed by atoms with E-state index in [0.717, 1.165) is 5.56 Å². The van der Waals surface area contributed by atoms with Gasteiger partial charge in [-0.2, -0.15) is 0 Å². The highest BCUT2D eigenvalue weighted by atomic mass is 32.1. The number of carbonyl (C=O) groups excluding carboxylic acids is 1. The molecule has 0 aliphatic carbocycles. The van der Waals surface area contributed by atoms with Gasteiger partial charge in [-0.15, -0.1) is 11.3 Å². The van der Waals surface area contributed by atoms with Crippen LogP contribution in [0.4, 0.5) is 0 Å². The molecule has 0 spiro atoms. The van der Waals surface area contributed by atoms with Crippen LogP contribution in [0.3, 0.4) is 0 Å². The summed E-state index contributed by atoms with van der Waals surface area (Å²) in [6, 6.07) is 8.02. The molecule has 19 heavy (non-hydrogen) atoms. The molecule has 2 aromatic rings. The van der Waals surface area contributed by atoms with Crippen molar-refractivity contribution in [2.75, 3.05) is 13.2 Å². The molecule has 0 aliphatic rings. The first-order valence-corrected chi connectivity index (χ1v) is 6.99. The molecule has 5 heteroatoms. The van der Waals surface area contributed by atoms with Gasteiger partial charge in [-0.05, 0) is 12.5 Å². The van der Waals surface area contributed by atoms with Crippen LogP contribution in [0, 0.1) is 6.92 Å². The number of hydrogen-bond donors (Lipinski definition) is 1. The Morgan fingerprint density at radius 2 is 2.11 bits per heavy atom. The van der Waals surface area contributed by atoms with Gasteiger partial charge in [-0.1, -0.05) is 29.8 Å². The lowest BCUT2D eigenvalue weighted by Crippen LogP contribution is -2.33. The molecule has 0 radical (unpaired) electrons. The second-order valence-corrected chi connectivity index (χ2v) is 5.03. The van der Waals surface area contributed by atoms with Gasteiger partial charge >= 0.3 is 0 Å². The first-order chi connectivity index (χ1) is 9.20. The van der Waals surface area contributed by atoms with E-state index >= 15 is 0 Å². The molecule has 0 atom stereocenters. The average Bonchev–Trinajstić information content (AvgIpc) is 2.94. The number of nitrogens with zero attached hydrogens (tertiary/aromatic N) is 2. The van der Waals surface area contributed by atoms with Crippen LogP contribution in [0.25, 0.3) is 0 Å². The van der Waals surface area contributed by atoms with Gasteiger partial charge in [0.05, 0.1) is 12.1 Å². The minimum absolute atomic E-state index is 0.0538. The minimum Gasteiger partial charge on any atom is -0.395 e. The van der Waals surface area contributed by atoms with Crippen molar-refractivity contribution < 1.29 is 9.90 Å². The number of hydrogen-bond acceptors (Lipinski definition) is 4. The zero-order valence-corrected chi connectivity index (χ0v) is 11.6. The molecule has 1 amide bonds. The average molecular weight is 276 g/mol. The van der Waals surface area contributed by atoms with Crippen LogP contribution in [0.1, 0.15) is 21.6 Å². The molecule has 0 saturated heterocycles. The number of carbonyl (C=O) groups is 1. The van der Waals surface area contributed by atoms with Crippen molar-refractivity contribution in [2.45, 2.75) is 13.5 Å². The number of aromatic nitrogens is 1. The number of amides is 1. The van der Waals surface area contributed by atoms with Crippen LogP contribution in [0.2, 0.25) is 0 Å².